The maximum atomic E-state index is 5.50. The van der Waals surface area contributed by atoms with Gasteiger partial charge in [-0.15, -0.1) is 0 Å². The van der Waals surface area contributed by atoms with Gasteiger partial charge < -0.3 is 20.3 Å². The molecule has 0 fully saturated rings. The minimum atomic E-state index is 0.673. The Morgan fingerprint density at radius 2 is 1.94 bits per heavy atom. The molecular formula is C12H23N5O. The molecule has 6 heteroatoms. The molecule has 0 saturated carbocycles. The molecule has 1 aromatic heterocycles. The summed E-state index contributed by atoms with van der Waals surface area (Å²) < 4.78 is 5.50. The van der Waals surface area contributed by atoms with Crippen molar-refractivity contribution in [1.29, 1.82) is 0 Å². The fourth-order valence-corrected chi connectivity index (χ4v) is 1.47. The molecule has 0 atom stereocenters. The van der Waals surface area contributed by atoms with Crippen LogP contribution in [0.4, 0.5) is 11.6 Å². The van der Waals surface area contributed by atoms with Gasteiger partial charge in [-0.2, -0.15) is 0 Å². The molecule has 0 aliphatic carbocycles. The van der Waals surface area contributed by atoms with Crippen LogP contribution in [0.3, 0.4) is 0 Å². The first kappa shape index (κ1) is 14.7. The van der Waals surface area contributed by atoms with Crippen molar-refractivity contribution in [2.75, 3.05) is 58.1 Å². The second-order valence-electron chi connectivity index (χ2n) is 4.29. The number of anilines is 2. The molecular weight excluding hydrogens is 230 g/mol. The van der Waals surface area contributed by atoms with E-state index in [1.165, 1.54) is 0 Å². The van der Waals surface area contributed by atoms with Crippen LogP contribution in [0.1, 0.15) is 5.56 Å². The first-order chi connectivity index (χ1) is 8.65. The van der Waals surface area contributed by atoms with Crippen molar-refractivity contribution < 1.29 is 4.74 Å². The van der Waals surface area contributed by atoms with Crippen LogP contribution in [0, 0.1) is 6.92 Å². The number of ether oxygens (including phenoxy) is 1. The zero-order valence-electron chi connectivity index (χ0n) is 11.7. The zero-order chi connectivity index (χ0) is 13.4. The van der Waals surface area contributed by atoms with Crippen molar-refractivity contribution in [3.63, 3.8) is 0 Å². The van der Waals surface area contributed by atoms with E-state index < -0.39 is 0 Å². The third kappa shape index (κ3) is 4.85. The van der Waals surface area contributed by atoms with Gasteiger partial charge in [-0.1, -0.05) is 0 Å². The van der Waals surface area contributed by atoms with Gasteiger partial charge in [0.1, 0.15) is 18.0 Å². The topological polar surface area (TPSA) is 62.3 Å². The quantitative estimate of drug-likeness (QED) is 0.669. The Morgan fingerprint density at radius 1 is 1.22 bits per heavy atom. The highest BCUT2D eigenvalue weighted by Crippen LogP contribution is 2.16. The molecule has 1 aromatic rings. The summed E-state index contributed by atoms with van der Waals surface area (Å²) in [6, 6.07) is 0. The van der Waals surface area contributed by atoms with E-state index in [1.807, 2.05) is 28.1 Å². The lowest BCUT2D eigenvalue weighted by Gasteiger charge is -2.12. The highest BCUT2D eigenvalue weighted by molar-refractivity contribution is 5.55. The van der Waals surface area contributed by atoms with E-state index in [4.69, 9.17) is 4.74 Å². The largest absolute Gasteiger partial charge is 0.378 e. The van der Waals surface area contributed by atoms with Crippen molar-refractivity contribution >= 4 is 11.6 Å². The minimum Gasteiger partial charge on any atom is -0.378 e. The van der Waals surface area contributed by atoms with Crippen molar-refractivity contribution in [2.45, 2.75) is 6.92 Å². The maximum Gasteiger partial charge on any atom is 0.134 e. The van der Waals surface area contributed by atoms with Gasteiger partial charge in [0.25, 0.3) is 0 Å². The molecule has 0 aliphatic heterocycles. The smallest absolute Gasteiger partial charge is 0.134 e. The summed E-state index contributed by atoms with van der Waals surface area (Å²) in [6.07, 6.45) is 1.55. The van der Waals surface area contributed by atoms with E-state index >= 15 is 0 Å². The number of nitrogens with one attached hydrogen (secondary N) is 2. The highest BCUT2D eigenvalue weighted by atomic mass is 16.5. The number of aromatic nitrogens is 2. The van der Waals surface area contributed by atoms with Crippen molar-refractivity contribution in [3.05, 3.63) is 11.9 Å². The molecule has 0 bridgehead atoms. The number of nitrogens with zero attached hydrogens (tertiary/aromatic N) is 3. The normalized spacial score (nSPS) is 10.7. The minimum absolute atomic E-state index is 0.673. The Balaban J connectivity index is 2.27. The second-order valence-corrected chi connectivity index (χ2v) is 4.29. The molecule has 0 spiro atoms. The van der Waals surface area contributed by atoms with E-state index in [-0.39, 0.29) is 0 Å². The third-order valence-corrected chi connectivity index (χ3v) is 2.54. The second kappa shape index (κ2) is 7.84. The average Bonchev–Trinajstić information content (AvgIpc) is 2.35. The zero-order valence-corrected chi connectivity index (χ0v) is 11.7. The van der Waals surface area contributed by atoms with Crippen LogP contribution in [0.5, 0.6) is 0 Å². The van der Waals surface area contributed by atoms with Crippen LogP contribution in [0.25, 0.3) is 0 Å². The summed E-state index contributed by atoms with van der Waals surface area (Å²) >= 11 is 0. The standard InChI is InChI=1S/C12H23N5O/c1-10-11(13-2)15-9-16-12(10)14-5-7-18-8-6-17(3)4/h9H,5-8H2,1-4H3,(H2,13,14,15,16). The Labute approximate surface area is 109 Å². The first-order valence-electron chi connectivity index (χ1n) is 6.11. The van der Waals surface area contributed by atoms with E-state index in [1.54, 1.807) is 6.33 Å². The molecule has 0 saturated heterocycles. The fourth-order valence-electron chi connectivity index (χ4n) is 1.47. The molecule has 1 rings (SSSR count). The highest BCUT2D eigenvalue weighted by Gasteiger charge is 2.04. The van der Waals surface area contributed by atoms with Crippen LogP contribution in [-0.2, 0) is 4.74 Å². The van der Waals surface area contributed by atoms with Gasteiger partial charge in [0.2, 0.25) is 0 Å². The number of rotatable bonds is 8. The maximum absolute atomic E-state index is 5.50. The Hall–Kier alpha value is -1.40. The third-order valence-electron chi connectivity index (χ3n) is 2.54. The van der Waals surface area contributed by atoms with E-state index in [0.717, 1.165) is 36.9 Å². The summed E-state index contributed by atoms with van der Waals surface area (Å²) in [7, 11) is 5.92. The summed E-state index contributed by atoms with van der Waals surface area (Å²) in [5.74, 6) is 1.70. The van der Waals surface area contributed by atoms with Crippen molar-refractivity contribution in [1.82, 2.24) is 14.9 Å². The number of hydrogen-bond donors (Lipinski definition) is 2. The molecule has 1 heterocycles. The van der Waals surface area contributed by atoms with E-state index in [0.29, 0.717) is 6.61 Å². The molecule has 18 heavy (non-hydrogen) atoms. The lowest BCUT2D eigenvalue weighted by Crippen LogP contribution is -2.20. The van der Waals surface area contributed by atoms with Crippen LogP contribution >= 0.6 is 0 Å². The van der Waals surface area contributed by atoms with Crippen LogP contribution in [0.15, 0.2) is 6.33 Å². The predicted octanol–water partition coefficient (Wildman–Crippen LogP) is 0.817. The number of likely N-dealkylation sites (N-methyl/N-ethyl adjacent to an activating group) is 1. The van der Waals surface area contributed by atoms with Gasteiger partial charge in [0.15, 0.2) is 0 Å². The van der Waals surface area contributed by atoms with E-state index in [9.17, 15) is 0 Å². The van der Waals surface area contributed by atoms with Crippen LogP contribution in [0.2, 0.25) is 0 Å². The molecule has 0 aromatic carbocycles. The Bertz CT molecular complexity index is 356. The van der Waals surface area contributed by atoms with Gasteiger partial charge in [-0.3, -0.25) is 0 Å². The first-order valence-corrected chi connectivity index (χ1v) is 6.11. The molecule has 0 radical (unpaired) electrons. The lowest BCUT2D eigenvalue weighted by atomic mass is 10.3. The summed E-state index contributed by atoms with van der Waals surface area (Å²) in [4.78, 5) is 10.4. The Kier molecular flexibility index (Phi) is 6.38. The molecule has 0 aliphatic rings. The molecule has 2 N–H and O–H groups in total. The summed E-state index contributed by atoms with van der Waals surface area (Å²) in [6.45, 7) is 5.09. The molecule has 0 unspecified atom stereocenters. The van der Waals surface area contributed by atoms with Gasteiger partial charge >= 0.3 is 0 Å². The molecule has 102 valence electrons. The fraction of sp³-hybridized carbons (Fsp3) is 0.667. The Morgan fingerprint density at radius 3 is 2.61 bits per heavy atom. The monoisotopic (exact) mass is 253 g/mol. The van der Waals surface area contributed by atoms with Gasteiger partial charge in [-0.05, 0) is 21.0 Å². The SMILES string of the molecule is CNc1ncnc(NCCOCCN(C)C)c1C. The van der Waals surface area contributed by atoms with Crippen LogP contribution < -0.4 is 10.6 Å². The van der Waals surface area contributed by atoms with E-state index in [2.05, 4.69) is 25.5 Å². The predicted molar refractivity (Wildman–Crippen MR) is 74.2 cm³/mol. The number of hydrogen-bond acceptors (Lipinski definition) is 6. The average molecular weight is 253 g/mol. The van der Waals surface area contributed by atoms with Gasteiger partial charge in [0, 0.05) is 25.7 Å². The van der Waals surface area contributed by atoms with Crippen molar-refractivity contribution in [3.8, 4) is 0 Å². The summed E-state index contributed by atoms with van der Waals surface area (Å²) in [5.41, 5.74) is 1.02. The lowest BCUT2D eigenvalue weighted by molar-refractivity contribution is 0.126. The van der Waals surface area contributed by atoms with Crippen molar-refractivity contribution in [2.24, 2.45) is 0 Å². The van der Waals surface area contributed by atoms with Gasteiger partial charge in [-0.25, -0.2) is 9.97 Å². The van der Waals surface area contributed by atoms with Gasteiger partial charge in [0.05, 0.1) is 13.2 Å². The summed E-state index contributed by atoms with van der Waals surface area (Å²) in [5, 5.41) is 6.28. The molecule has 0 amide bonds. The molecule has 6 nitrogen and oxygen atoms in total. The van der Waals surface area contributed by atoms with Crippen LogP contribution in [-0.4, -0.2) is 62.3 Å².